The molecule has 1 fully saturated rings. The van der Waals surface area contributed by atoms with E-state index in [1.165, 1.54) is 6.33 Å². The number of aromatic nitrogens is 5. The Kier molecular flexibility index (Phi) is 6.12. The number of aryl methyl sites for hydroxylation is 1. The van der Waals surface area contributed by atoms with Gasteiger partial charge in [-0.05, 0) is 34.2 Å². The quantitative estimate of drug-likeness (QED) is 0.617. The minimum absolute atomic E-state index is 0.0565. The number of pyridine rings is 1. The zero-order valence-corrected chi connectivity index (χ0v) is 16.6. The number of morpholine rings is 1. The molecule has 150 valence electrons. The largest absolute Gasteiger partial charge is 0.368 e. The molecule has 1 aliphatic rings. The maximum atomic E-state index is 12.6. The molecule has 0 aliphatic carbocycles. The van der Waals surface area contributed by atoms with Gasteiger partial charge in [0.05, 0.1) is 25.4 Å². The molecule has 2 aromatic heterocycles. The van der Waals surface area contributed by atoms with Gasteiger partial charge in [-0.2, -0.15) is 0 Å². The highest BCUT2D eigenvalue weighted by molar-refractivity contribution is 6.31. The normalized spacial score (nSPS) is 16.7. The molecule has 1 aromatic carbocycles. The lowest BCUT2D eigenvalue weighted by molar-refractivity contribution is -0.139. The first-order valence-electron chi connectivity index (χ1n) is 9.48. The van der Waals surface area contributed by atoms with Gasteiger partial charge in [0.15, 0.2) is 0 Å². The van der Waals surface area contributed by atoms with Crippen LogP contribution in [0.3, 0.4) is 0 Å². The molecule has 1 amide bonds. The molecule has 0 bridgehead atoms. The first-order chi connectivity index (χ1) is 14.2. The smallest absolute Gasteiger partial charge is 0.224 e. The highest BCUT2D eigenvalue weighted by Crippen LogP contribution is 2.23. The Hall–Kier alpha value is -2.84. The summed E-state index contributed by atoms with van der Waals surface area (Å²) in [5.41, 5.74) is 2.77. The summed E-state index contributed by atoms with van der Waals surface area (Å²) in [5.74, 6) is 0.0565. The van der Waals surface area contributed by atoms with E-state index < -0.39 is 0 Å². The van der Waals surface area contributed by atoms with Crippen LogP contribution in [0.15, 0.2) is 48.8 Å². The van der Waals surface area contributed by atoms with Gasteiger partial charge in [-0.3, -0.25) is 9.78 Å². The van der Waals surface area contributed by atoms with Crippen LogP contribution in [-0.4, -0.2) is 55.7 Å². The van der Waals surface area contributed by atoms with Crippen LogP contribution in [0.2, 0.25) is 5.02 Å². The SMILES string of the molecule is O=C(CCn1cnnn1)N1CCO[C@@H](c2cccc(Cc3ccccc3Cl)n2)C1. The average molecular weight is 413 g/mol. The van der Waals surface area contributed by atoms with Crippen molar-refractivity contribution in [3.8, 4) is 0 Å². The summed E-state index contributed by atoms with van der Waals surface area (Å²) in [6.07, 6.45) is 2.25. The summed E-state index contributed by atoms with van der Waals surface area (Å²) < 4.78 is 7.45. The Labute approximate surface area is 173 Å². The van der Waals surface area contributed by atoms with Gasteiger partial charge in [0.1, 0.15) is 12.4 Å². The predicted molar refractivity (Wildman–Crippen MR) is 106 cm³/mol. The molecule has 0 spiro atoms. The lowest BCUT2D eigenvalue weighted by Gasteiger charge is -2.33. The molecule has 1 atom stereocenters. The van der Waals surface area contributed by atoms with Crippen molar-refractivity contribution < 1.29 is 9.53 Å². The van der Waals surface area contributed by atoms with Crippen LogP contribution in [0.5, 0.6) is 0 Å². The molecule has 0 unspecified atom stereocenters. The highest BCUT2D eigenvalue weighted by Gasteiger charge is 2.26. The molecule has 0 radical (unpaired) electrons. The third-order valence-corrected chi connectivity index (χ3v) is 5.22. The Morgan fingerprint density at radius 2 is 2.10 bits per heavy atom. The van der Waals surface area contributed by atoms with E-state index in [1.54, 1.807) is 4.68 Å². The fourth-order valence-electron chi connectivity index (χ4n) is 3.32. The van der Waals surface area contributed by atoms with Crippen LogP contribution in [0.1, 0.15) is 29.5 Å². The molecule has 9 heteroatoms. The lowest BCUT2D eigenvalue weighted by Crippen LogP contribution is -2.42. The zero-order chi connectivity index (χ0) is 20.1. The van der Waals surface area contributed by atoms with Crippen LogP contribution in [-0.2, 0) is 22.5 Å². The number of rotatable bonds is 6. The number of hydrogen-bond acceptors (Lipinski definition) is 6. The average Bonchev–Trinajstić information content (AvgIpc) is 3.28. The molecule has 8 nitrogen and oxygen atoms in total. The van der Waals surface area contributed by atoms with Crippen LogP contribution < -0.4 is 0 Å². The van der Waals surface area contributed by atoms with Crippen molar-refractivity contribution in [1.29, 1.82) is 0 Å². The van der Waals surface area contributed by atoms with Gasteiger partial charge in [0.2, 0.25) is 5.91 Å². The van der Waals surface area contributed by atoms with E-state index >= 15 is 0 Å². The topological polar surface area (TPSA) is 86.0 Å². The van der Waals surface area contributed by atoms with Gasteiger partial charge in [-0.15, -0.1) is 5.10 Å². The highest BCUT2D eigenvalue weighted by atomic mass is 35.5. The zero-order valence-electron chi connectivity index (χ0n) is 15.8. The molecule has 1 aliphatic heterocycles. The summed E-state index contributed by atoms with van der Waals surface area (Å²) in [6.45, 7) is 2.00. The molecule has 3 aromatic rings. The van der Waals surface area contributed by atoms with Crippen molar-refractivity contribution in [2.45, 2.75) is 25.5 Å². The first-order valence-corrected chi connectivity index (χ1v) is 9.86. The number of carbonyl (C=O) groups excluding carboxylic acids is 1. The third kappa shape index (κ3) is 4.96. The standard InChI is InChI=1S/C20H21ClN6O2/c21-17-6-2-1-4-15(17)12-16-5-3-7-18(23-16)19-13-26(10-11-29-19)20(28)8-9-27-14-22-24-25-27/h1-7,14,19H,8-13H2/t19-/m1/s1. The Balaban J connectivity index is 1.40. The number of halogens is 1. The summed E-state index contributed by atoms with van der Waals surface area (Å²) in [6, 6.07) is 13.6. The van der Waals surface area contributed by atoms with Crippen LogP contribution >= 0.6 is 11.6 Å². The van der Waals surface area contributed by atoms with Crippen molar-refractivity contribution in [3.05, 3.63) is 70.8 Å². The summed E-state index contributed by atoms with van der Waals surface area (Å²) in [7, 11) is 0. The molecule has 0 N–H and O–H groups in total. The van der Waals surface area contributed by atoms with Crippen molar-refractivity contribution >= 4 is 17.5 Å². The third-order valence-electron chi connectivity index (χ3n) is 4.85. The van der Waals surface area contributed by atoms with Crippen LogP contribution in [0.25, 0.3) is 0 Å². The first kappa shape index (κ1) is 19.5. The molecule has 1 saturated heterocycles. The van der Waals surface area contributed by atoms with Crippen molar-refractivity contribution in [2.24, 2.45) is 0 Å². The van der Waals surface area contributed by atoms with E-state index in [-0.39, 0.29) is 12.0 Å². The fraction of sp³-hybridized carbons (Fsp3) is 0.350. The predicted octanol–water partition coefficient (Wildman–Crippen LogP) is 2.30. The van der Waals surface area contributed by atoms with Gasteiger partial charge in [-0.1, -0.05) is 35.9 Å². The van der Waals surface area contributed by atoms with E-state index in [0.29, 0.717) is 39.1 Å². The number of tetrazole rings is 1. The van der Waals surface area contributed by atoms with Crippen molar-refractivity contribution in [1.82, 2.24) is 30.1 Å². The molecular weight excluding hydrogens is 392 g/mol. The Morgan fingerprint density at radius 3 is 2.93 bits per heavy atom. The summed E-state index contributed by atoms with van der Waals surface area (Å²) in [4.78, 5) is 19.2. The van der Waals surface area contributed by atoms with Gasteiger partial charge in [0, 0.05) is 30.1 Å². The molecule has 4 rings (SSSR count). The Morgan fingerprint density at radius 1 is 1.21 bits per heavy atom. The minimum atomic E-state index is -0.244. The van der Waals surface area contributed by atoms with Crippen molar-refractivity contribution in [2.75, 3.05) is 19.7 Å². The van der Waals surface area contributed by atoms with Gasteiger partial charge in [0.25, 0.3) is 0 Å². The number of amides is 1. The van der Waals surface area contributed by atoms with Gasteiger partial charge >= 0.3 is 0 Å². The lowest BCUT2D eigenvalue weighted by atomic mass is 10.1. The minimum Gasteiger partial charge on any atom is -0.368 e. The van der Waals surface area contributed by atoms with E-state index in [4.69, 9.17) is 21.3 Å². The summed E-state index contributed by atoms with van der Waals surface area (Å²) >= 11 is 6.27. The summed E-state index contributed by atoms with van der Waals surface area (Å²) in [5, 5.41) is 11.7. The maximum absolute atomic E-state index is 12.6. The number of benzene rings is 1. The molecular formula is C20H21ClN6O2. The second-order valence-corrected chi connectivity index (χ2v) is 7.25. The number of hydrogen-bond donors (Lipinski definition) is 0. The number of ether oxygens (including phenoxy) is 1. The Bertz CT molecular complexity index is 965. The van der Waals surface area contributed by atoms with Crippen molar-refractivity contribution in [3.63, 3.8) is 0 Å². The van der Waals surface area contributed by atoms with E-state index in [0.717, 1.165) is 22.0 Å². The van der Waals surface area contributed by atoms with Crippen LogP contribution in [0.4, 0.5) is 0 Å². The van der Waals surface area contributed by atoms with Gasteiger partial charge < -0.3 is 9.64 Å². The van der Waals surface area contributed by atoms with E-state index in [1.807, 2.05) is 47.4 Å². The molecule has 29 heavy (non-hydrogen) atoms. The second kappa shape index (κ2) is 9.11. The van der Waals surface area contributed by atoms with E-state index in [9.17, 15) is 4.79 Å². The van der Waals surface area contributed by atoms with E-state index in [2.05, 4.69) is 15.5 Å². The number of nitrogens with zero attached hydrogens (tertiary/aromatic N) is 6. The molecule has 3 heterocycles. The number of carbonyl (C=O) groups is 1. The fourth-order valence-corrected chi connectivity index (χ4v) is 3.52. The maximum Gasteiger partial charge on any atom is 0.224 e. The monoisotopic (exact) mass is 412 g/mol. The van der Waals surface area contributed by atoms with Crippen LogP contribution in [0, 0.1) is 0 Å². The van der Waals surface area contributed by atoms with Gasteiger partial charge in [-0.25, -0.2) is 4.68 Å². The molecule has 0 saturated carbocycles. The second-order valence-electron chi connectivity index (χ2n) is 6.84.